The van der Waals surface area contributed by atoms with Gasteiger partial charge in [-0.05, 0) is 32.1 Å². The van der Waals surface area contributed by atoms with Gasteiger partial charge in [0.15, 0.2) is 0 Å². The zero-order valence-electron chi connectivity index (χ0n) is 12.6. The lowest BCUT2D eigenvalue weighted by molar-refractivity contribution is -0.159. The van der Waals surface area contributed by atoms with Crippen molar-refractivity contribution in [1.29, 1.82) is 0 Å². The third kappa shape index (κ3) is 2.31. The molecular formula is C16H22F2N2O2. The summed E-state index contributed by atoms with van der Waals surface area (Å²) in [7, 11) is 0. The summed E-state index contributed by atoms with van der Waals surface area (Å²) >= 11 is 0. The van der Waals surface area contributed by atoms with E-state index in [1.807, 2.05) is 0 Å². The van der Waals surface area contributed by atoms with E-state index < -0.39 is 11.8 Å². The summed E-state index contributed by atoms with van der Waals surface area (Å²) in [5.41, 5.74) is -0.0598. The van der Waals surface area contributed by atoms with Crippen molar-refractivity contribution in [2.24, 2.45) is 17.3 Å². The highest BCUT2D eigenvalue weighted by Gasteiger charge is 2.62. The van der Waals surface area contributed by atoms with Gasteiger partial charge < -0.3 is 10.2 Å². The molecule has 0 radical (unpaired) electrons. The third-order valence-electron chi connectivity index (χ3n) is 6.09. The molecular weight excluding hydrogens is 290 g/mol. The van der Waals surface area contributed by atoms with Crippen LogP contribution >= 0.6 is 0 Å². The molecule has 3 aliphatic carbocycles. The molecule has 0 aromatic rings. The lowest BCUT2D eigenvalue weighted by atomic mass is 9.80. The van der Waals surface area contributed by atoms with E-state index >= 15 is 0 Å². The predicted molar refractivity (Wildman–Crippen MR) is 75.2 cm³/mol. The number of likely N-dealkylation sites (tertiary alicyclic amines) is 1. The second-order valence-corrected chi connectivity index (χ2v) is 7.73. The number of hydrogen-bond acceptors (Lipinski definition) is 2. The van der Waals surface area contributed by atoms with Crippen LogP contribution in [0.4, 0.5) is 8.78 Å². The summed E-state index contributed by atoms with van der Waals surface area (Å²) in [5, 5.41) is 3.09. The molecule has 3 saturated carbocycles. The fourth-order valence-electron chi connectivity index (χ4n) is 4.20. The fraction of sp³-hybridized carbons (Fsp3) is 0.875. The highest BCUT2D eigenvalue weighted by Crippen LogP contribution is 2.59. The average molecular weight is 312 g/mol. The highest BCUT2D eigenvalue weighted by atomic mass is 19.3. The molecule has 4 aliphatic rings. The standard InChI is InChI=1S/C16H22F2N2O2/c17-16(18)6-10(7-16)14(22)20-5-4-15(9-20)8-12(15)13(21)19-11-2-1-3-11/h10-12H,1-9H2,(H,19,21). The van der Waals surface area contributed by atoms with Crippen LogP contribution < -0.4 is 5.32 Å². The van der Waals surface area contributed by atoms with E-state index in [1.54, 1.807) is 4.90 Å². The first-order valence-corrected chi connectivity index (χ1v) is 8.36. The van der Waals surface area contributed by atoms with Crippen LogP contribution in [0.5, 0.6) is 0 Å². The largest absolute Gasteiger partial charge is 0.353 e. The van der Waals surface area contributed by atoms with Gasteiger partial charge in [-0.2, -0.15) is 0 Å². The second-order valence-electron chi connectivity index (χ2n) is 7.73. The highest BCUT2D eigenvalue weighted by molar-refractivity contribution is 5.84. The number of nitrogens with one attached hydrogen (secondary N) is 1. The van der Waals surface area contributed by atoms with E-state index in [-0.39, 0.29) is 36.0 Å². The maximum Gasteiger partial charge on any atom is 0.249 e. The zero-order chi connectivity index (χ0) is 15.5. The van der Waals surface area contributed by atoms with E-state index in [1.165, 1.54) is 6.42 Å². The number of amides is 2. The zero-order valence-corrected chi connectivity index (χ0v) is 12.6. The van der Waals surface area contributed by atoms with Crippen molar-refractivity contribution < 1.29 is 18.4 Å². The molecule has 4 fully saturated rings. The maximum atomic E-state index is 12.9. The number of hydrogen-bond donors (Lipinski definition) is 1. The number of rotatable bonds is 3. The summed E-state index contributed by atoms with van der Waals surface area (Å²) < 4.78 is 25.8. The Labute approximate surface area is 128 Å². The Morgan fingerprint density at radius 3 is 2.45 bits per heavy atom. The first-order chi connectivity index (χ1) is 10.4. The molecule has 4 rings (SSSR count). The van der Waals surface area contributed by atoms with Crippen LogP contribution in [0.25, 0.3) is 0 Å². The van der Waals surface area contributed by atoms with Crippen LogP contribution in [0.2, 0.25) is 0 Å². The molecule has 0 aromatic heterocycles. The van der Waals surface area contributed by atoms with Crippen LogP contribution in [-0.2, 0) is 9.59 Å². The first kappa shape index (κ1) is 14.4. The molecule has 0 bridgehead atoms. The van der Waals surface area contributed by atoms with Gasteiger partial charge in [0.25, 0.3) is 0 Å². The molecule has 2 amide bonds. The third-order valence-corrected chi connectivity index (χ3v) is 6.09. The summed E-state index contributed by atoms with van der Waals surface area (Å²) in [5.74, 6) is -3.13. The number of carbonyl (C=O) groups excluding carboxylic acids is 2. The van der Waals surface area contributed by atoms with Gasteiger partial charge in [0.2, 0.25) is 17.7 Å². The molecule has 6 heteroatoms. The van der Waals surface area contributed by atoms with Crippen molar-refractivity contribution >= 4 is 11.8 Å². The molecule has 1 heterocycles. The Kier molecular flexibility index (Phi) is 3.04. The van der Waals surface area contributed by atoms with Gasteiger partial charge in [0.1, 0.15) is 0 Å². The van der Waals surface area contributed by atoms with Crippen LogP contribution in [0.1, 0.15) is 44.9 Å². The second kappa shape index (κ2) is 4.65. The minimum Gasteiger partial charge on any atom is -0.353 e. The normalized spacial score (nSPS) is 36.8. The lowest BCUT2D eigenvalue weighted by Gasteiger charge is -2.36. The molecule has 22 heavy (non-hydrogen) atoms. The molecule has 0 aromatic carbocycles. The van der Waals surface area contributed by atoms with Crippen molar-refractivity contribution in [3.8, 4) is 0 Å². The van der Waals surface area contributed by atoms with Gasteiger partial charge in [-0.25, -0.2) is 8.78 Å². The van der Waals surface area contributed by atoms with Gasteiger partial charge in [-0.3, -0.25) is 9.59 Å². The van der Waals surface area contributed by atoms with E-state index in [0.717, 1.165) is 25.7 Å². The number of carbonyl (C=O) groups is 2. The van der Waals surface area contributed by atoms with Crippen LogP contribution in [0.3, 0.4) is 0 Å². The Bertz CT molecular complexity index is 512. The van der Waals surface area contributed by atoms with E-state index in [9.17, 15) is 18.4 Å². The Morgan fingerprint density at radius 1 is 1.14 bits per heavy atom. The molecule has 122 valence electrons. The molecule has 1 spiro atoms. The molecule has 2 atom stereocenters. The molecule has 1 saturated heterocycles. The summed E-state index contributed by atoms with van der Waals surface area (Å²) in [6.45, 7) is 1.20. The van der Waals surface area contributed by atoms with E-state index in [0.29, 0.717) is 19.1 Å². The topological polar surface area (TPSA) is 49.4 Å². The quantitative estimate of drug-likeness (QED) is 0.866. The van der Waals surface area contributed by atoms with E-state index in [4.69, 9.17) is 0 Å². The number of alkyl halides is 2. The Balaban J connectivity index is 1.30. The van der Waals surface area contributed by atoms with Gasteiger partial charge in [0.05, 0.1) is 0 Å². The molecule has 1 N–H and O–H groups in total. The van der Waals surface area contributed by atoms with E-state index in [2.05, 4.69) is 5.32 Å². The smallest absolute Gasteiger partial charge is 0.249 e. The Morgan fingerprint density at radius 2 is 1.86 bits per heavy atom. The monoisotopic (exact) mass is 312 g/mol. The number of halogens is 2. The summed E-state index contributed by atoms with van der Waals surface area (Å²) in [4.78, 5) is 26.2. The van der Waals surface area contributed by atoms with Gasteiger partial charge >= 0.3 is 0 Å². The molecule has 1 aliphatic heterocycles. The Hall–Kier alpha value is -1.20. The van der Waals surface area contributed by atoms with Crippen LogP contribution in [0, 0.1) is 17.3 Å². The lowest BCUT2D eigenvalue weighted by Crippen LogP contribution is -2.46. The van der Waals surface area contributed by atoms with Crippen molar-refractivity contribution in [1.82, 2.24) is 10.2 Å². The maximum absolute atomic E-state index is 12.9. The first-order valence-electron chi connectivity index (χ1n) is 8.36. The summed E-state index contributed by atoms with van der Waals surface area (Å²) in [6, 6.07) is 0.349. The molecule has 4 nitrogen and oxygen atoms in total. The minimum atomic E-state index is -2.65. The molecule has 2 unspecified atom stereocenters. The van der Waals surface area contributed by atoms with Crippen molar-refractivity contribution in [2.45, 2.75) is 56.9 Å². The van der Waals surface area contributed by atoms with Crippen molar-refractivity contribution in [3.05, 3.63) is 0 Å². The number of nitrogens with zero attached hydrogens (tertiary/aromatic N) is 1. The average Bonchev–Trinajstić information content (AvgIpc) is 2.91. The van der Waals surface area contributed by atoms with Gasteiger partial charge in [0, 0.05) is 49.2 Å². The minimum absolute atomic E-state index is 0.0220. The SMILES string of the molecule is O=C(NC1CCC1)C1CC12CCN(C(=O)C1CC(F)(F)C1)C2. The van der Waals surface area contributed by atoms with Gasteiger partial charge in [-0.1, -0.05) is 0 Å². The van der Waals surface area contributed by atoms with Crippen molar-refractivity contribution in [2.75, 3.05) is 13.1 Å². The van der Waals surface area contributed by atoms with Crippen LogP contribution in [0.15, 0.2) is 0 Å². The fourth-order valence-corrected chi connectivity index (χ4v) is 4.20. The van der Waals surface area contributed by atoms with Crippen LogP contribution in [-0.4, -0.2) is 41.8 Å². The van der Waals surface area contributed by atoms with Gasteiger partial charge in [-0.15, -0.1) is 0 Å². The summed E-state index contributed by atoms with van der Waals surface area (Å²) in [6.07, 6.45) is 4.41. The predicted octanol–water partition coefficient (Wildman–Crippen LogP) is 1.94. The van der Waals surface area contributed by atoms with Crippen molar-refractivity contribution in [3.63, 3.8) is 0 Å².